The quantitative estimate of drug-likeness (QED) is 0.585. The molecule has 33 heavy (non-hydrogen) atoms. The van der Waals surface area contributed by atoms with Crippen LogP contribution in [0.1, 0.15) is 47.9 Å². The number of rotatable bonds is 5. The summed E-state index contributed by atoms with van der Waals surface area (Å²) >= 11 is 0. The second-order valence-corrected chi connectivity index (χ2v) is 7.81. The van der Waals surface area contributed by atoms with Crippen molar-refractivity contribution in [2.45, 2.75) is 38.9 Å². The van der Waals surface area contributed by atoms with Crippen molar-refractivity contribution in [3.05, 3.63) is 47.3 Å². The summed E-state index contributed by atoms with van der Waals surface area (Å²) in [6.45, 7) is 1.94. The van der Waals surface area contributed by atoms with Crippen LogP contribution in [0, 0.1) is 11.8 Å². The fourth-order valence-corrected chi connectivity index (χ4v) is 3.34. The summed E-state index contributed by atoms with van der Waals surface area (Å²) in [7, 11) is 0. The lowest BCUT2D eigenvalue weighted by atomic mass is 9.94. The SMILES string of the molecule is CC1CC(=O)NN=C1c1ccc(NC(=O)c2cc(C(F)(F)F)nn2CC2CC2)cc1.O=CO. The smallest absolute Gasteiger partial charge is 0.435 e. The molecule has 2 heterocycles. The van der Waals surface area contributed by atoms with Crippen LogP contribution in [-0.4, -0.2) is 38.9 Å². The van der Waals surface area contributed by atoms with Crippen LogP contribution in [0.15, 0.2) is 35.4 Å². The molecule has 0 radical (unpaired) electrons. The third-order valence-electron chi connectivity index (χ3n) is 5.13. The number of amides is 2. The molecule has 0 bridgehead atoms. The number of hydrogen-bond donors (Lipinski definition) is 3. The Morgan fingerprint density at radius 3 is 2.48 bits per heavy atom. The van der Waals surface area contributed by atoms with Crippen LogP contribution in [-0.2, 0) is 22.3 Å². The molecular weight excluding hydrogens is 443 g/mol. The predicted octanol–water partition coefficient (Wildman–Crippen LogP) is 3.13. The van der Waals surface area contributed by atoms with Crippen molar-refractivity contribution in [1.29, 1.82) is 0 Å². The lowest BCUT2D eigenvalue weighted by Crippen LogP contribution is -2.31. The lowest BCUT2D eigenvalue weighted by molar-refractivity contribution is -0.141. The number of nitrogens with one attached hydrogen (secondary N) is 2. The molecule has 9 nitrogen and oxygen atoms in total. The van der Waals surface area contributed by atoms with E-state index in [9.17, 15) is 22.8 Å². The first-order valence-corrected chi connectivity index (χ1v) is 10.1. The molecule has 1 aliphatic heterocycles. The predicted molar refractivity (Wildman–Crippen MR) is 112 cm³/mol. The minimum atomic E-state index is -4.61. The van der Waals surface area contributed by atoms with Gasteiger partial charge in [-0.3, -0.25) is 19.1 Å². The van der Waals surface area contributed by atoms with Gasteiger partial charge >= 0.3 is 6.18 Å². The summed E-state index contributed by atoms with van der Waals surface area (Å²) in [6.07, 6.45) is -2.43. The summed E-state index contributed by atoms with van der Waals surface area (Å²) in [5.74, 6) is -0.578. The highest BCUT2D eigenvalue weighted by Crippen LogP contribution is 2.33. The lowest BCUT2D eigenvalue weighted by Gasteiger charge is -2.19. The molecule has 2 aliphatic rings. The van der Waals surface area contributed by atoms with Crippen LogP contribution in [0.5, 0.6) is 0 Å². The Morgan fingerprint density at radius 1 is 1.30 bits per heavy atom. The molecule has 1 aliphatic carbocycles. The molecule has 0 saturated heterocycles. The van der Waals surface area contributed by atoms with Gasteiger partial charge in [-0.05, 0) is 36.5 Å². The van der Waals surface area contributed by atoms with Crippen molar-refractivity contribution in [2.75, 3.05) is 5.32 Å². The molecule has 4 rings (SSSR count). The van der Waals surface area contributed by atoms with Crippen LogP contribution in [0.25, 0.3) is 0 Å². The van der Waals surface area contributed by atoms with E-state index in [0.717, 1.165) is 34.9 Å². The van der Waals surface area contributed by atoms with Crippen molar-refractivity contribution in [3.8, 4) is 0 Å². The van der Waals surface area contributed by atoms with E-state index in [1.807, 2.05) is 6.92 Å². The number of hydrogen-bond acceptors (Lipinski definition) is 5. The number of aromatic nitrogens is 2. The van der Waals surface area contributed by atoms with E-state index < -0.39 is 17.8 Å². The number of carbonyl (C=O) groups is 3. The van der Waals surface area contributed by atoms with Gasteiger partial charge in [0.2, 0.25) is 5.91 Å². The van der Waals surface area contributed by atoms with Gasteiger partial charge in [-0.15, -0.1) is 0 Å². The Morgan fingerprint density at radius 2 is 1.94 bits per heavy atom. The molecule has 1 atom stereocenters. The molecule has 1 unspecified atom stereocenters. The van der Waals surface area contributed by atoms with E-state index in [1.165, 1.54) is 0 Å². The van der Waals surface area contributed by atoms with Crippen LogP contribution in [0.2, 0.25) is 0 Å². The van der Waals surface area contributed by atoms with E-state index in [0.29, 0.717) is 18.7 Å². The fraction of sp³-hybridized carbons (Fsp3) is 0.381. The van der Waals surface area contributed by atoms with Crippen molar-refractivity contribution < 1.29 is 32.7 Å². The molecule has 1 aromatic carbocycles. The third kappa shape index (κ3) is 6.18. The first kappa shape index (κ1) is 24.0. The Balaban J connectivity index is 0.000000968. The average Bonchev–Trinajstić information content (AvgIpc) is 3.44. The van der Waals surface area contributed by atoms with Crippen LogP contribution in [0.4, 0.5) is 18.9 Å². The minimum absolute atomic E-state index is 0.0447. The molecular formula is C21H22F3N5O4. The second-order valence-electron chi connectivity index (χ2n) is 7.81. The largest absolute Gasteiger partial charge is 0.483 e. The summed E-state index contributed by atoms with van der Waals surface area (Å²) < 4.78 is 40.3. The number of halogens is 3. The molecule has 12 heteroatoms. The topological polar surface area (TPSA) is 126 Å². The minimum Gasteiger partial charge on any atom is -0.483 e. The second kappa shape index (κ2) is 9.84. The number of nitrogens with zero attached hydrogens (tertiary/aromatic N) is 3. The highest BCUT2D eigenvalue weighted by Gasteiger charge is 2.36. The first-order chi connectivity index (χ1) is 15.6. The van der Waals surface area contributed by atoms with E-state index in [2.05, 4.69) is 20.9 Å². The Bertz CT molecular complexity index is 1060. The van der Waals surface area contributed by atoms with Gasteiger partial charge in [0.15, 0.2) is 5.69 Å². The van der Waals surface area contributed by atoms with Crippen LogP contribution < -0.4 is 10.7 Å². The molecule has 0 spiro atoms. The zero-order valence-electron chi connectivity index (χ0n) is 17.6. The van der Waals surface area contributed by atoms with Gasteiger partial charge in [0.05, 0.1) is 5.71 Å². The summed E-state index contributed by atoms with van der Waals surface area (Å²) in [4.78, 5) is 32.4. The van der Waals surface area contributed by atoms with E-state index in [1.54, 1.807) is 24.3 Å². The Labute approximate surface area is 186 Å². The average molecular weight is 465 g/mol. The first-order valence-electron chi connectivity index (χ1n) is 10.1. The zero-order valence-corrected chi connectivity index (χ0v) is 17.6. The zero-order chi connectivity index (χ0) is 24.2. The number of benzene rings is 1. The van der Waals surface area contributed by atoms with Gasteiger partial charge in [-0.25, -0.2) is 5.43 Å². The summed E-state index contributed by atoms with van der Waals surface area (Å²) in [5, 5.41) is 17.2. The maximum absolute atomic E-state index is 13.1. The van der Waals surface area contributed by atoms with Crippen molar-refractivity contribution in [1.82, 2.24) is 15.2 Å². The normalized spacial score (nSPS) is 17.9. The highest BCUT2D eigenvalue weighted by molar-refractivity contribution is 6.06. The number of alkyl halides is 3. The number of anilines is 1. The van der Waals surface area contributed by atoms with Gasteiger partial charge in [-0.2, -0.15) is 23.4 Å². The molecule has 2 aromatic rings. The van der Waals surface area contributed by atoms with Gasteiger partial charge in [0.25, 0.3) is 12.4 Å². The van der Waals surface area contributed by atoms with Gasteiger partial charge in [0.1, 0.15) is 5.69 Å². The van der Waals surface area contributed by atoms with Crippen LogP contribution in [0.3, 0.4) is 0 Å². The molecule has 1 aromatic heterocycles. The highest BCUT2D eigenvalue weighted by atomic mass is 19.4. The number of carboxylic acid groups (broad SMARTS) is 1. The molecule has 1 fully saturated rings. The summed E-state index contributed by atoms with van der Waals surface area (Å²) in [5.41, 5.74) is 3.21. The standard InChI is InChI=1S/C20H20F3N5O2.CH2O2/c1-11-8-17(29)25-26-18(11)13-4-6-14(7-5-13)24-19(30)15-9-16(20(21,22)23)27-28(15)10-12-2-3-12;2-1-3/h4-7,9,11-12H,2-3,8,10H2,1H3,(H,24,30)(H,25,29);1H,(H,2,3). The fourth-order valence-electron chi connectivity index (χ4n) is 3.34. The molecule has 3 N–H and O–H groups in total. The maximum atomic E-state index is 13.1. The van der Waals surface area contributed by atoms with Gasteiger partial charge < -0.3 is 10.4 Å². The van der Waals surface area contributed by atoms with E-state index in [-0.39, 0.29) is 29.9 Å². The van der Waals surface area contributed by atoms with Crippen LogP contribution >= 0.6 is 0 Å². The Hall–Kier alpha value is -3.70. The molecule has 176 valence electrons. The van der Waals surface area contributed by atoms with Crippen molar-refractivity contribution in [2.24, 2.45) is 16.9 Å². The van der Waals surface area contributed by atoms with Gasteiger partial charge in [-0.1, -0.05) is 19.1 Å². The third-order valence-corrected chi connectivity index (χ3v) is 5.13. The van der Waals surface area contributed by atoms with Crippen molar-refractivity contribution >= 4 is 29.7 Å². The van der Waals surface area contributed by atoms with E-state index >= 15 is 0 Å². The Kier molecular flexibility index (Phi) is 7.14. The van der Waals surface area contributed by atoms with Crippen molar-refractivity contribution in [3.63, 3.8) is 0 Å². The monoisotopic (exact) mass is 465 g/mol. The van der Waals surface area contributed by atoms with E-state index in [4.69, 9.17) is 9.90 Å². The molecule has 2 amide bonds. The maximum Gasteiger partial charge on any atom is 0.435 e. The summed E-state index contributed by atoms with van der Waals surface area (Å²) in [6, 6.07) is 7.56. The number of hydrazone groups is 1. The molecule has 1 saturated carbocycles. The van der Waals surface area contributed by atoms with Gasteiger partial charge in [0, 0.05) is 30.6 Å². The number of carbonyl (C=O) groups excluding carboxylic acids is 2.